The second-order valence-corrected chi connectivity index (χ2v) is 10.6. The summed E-state index contributed by atoms with van der Waals surface area (Å²) in [6, 6.07) is 22.6. The lowest BCUT2D eigenvalue weighted by atomic mass is 10.1. The molecule has 0 amide bonds. The van der Waals surface area contributed by atoms with E-state index in [0.29, 0.717) is 37.7 Å². The summed E-state index contributed by atoms with van der Waals surface area (Å²) in [5.74, 6) is -0.357. The average molecular weight is 669 g/mol. The van der Waals surface area contributed by atoms with E-state index in [0.717, 1.165) is 4.68 Å². The smallest absolute Gasteiger partial charge is 0.335 e. The highest BCUT2D eigenvalue weighted by Crippen LogP contribution is 2.35. The van der Waals surface area contributed by atoms with Gasteiger partial charge in [-0.1, -0.05) is 46.3 Å². The molecule has 0 radical (unpaired) electrons. The molecule has 0 saturated carbocycles. The Morgan fingerprint density at radius 1 is 1.09 bits per heavy atom. The number of para-hydroxylation sites is 1. The van der Waals surface area contributed by atoms with Crippen LogP contribution in [0.4, 0.5) is 5.69 Å². The average Bonchev–Trinajstić information content (AvgIpc) is 3.48. The summed E-state index contributed by atoms with van der Waals surface area (Å²) in [5.41, 5.74) is 0.748. The Labute approximate surface area is 262 Å². The fourth-order valence-corrected chi connectivity index (χ4v) is 5.23. The van der Waals surface area contributed by atoms with Crippen molar-refractivity contribution in [1.82, 2.24) is 9.66 Å². The van der Waals surface area contributed by atoms with Crippen LogP contribution in [0.1, 0.15) is 21.5 Å². The van der Waals surface area contributed by atoms with E-state index < -0.39 is 16.5 Å². The lowest BCUT2D eigenvalue weighted by molar-refractivity contribution is -0.386. The van der Waals surface area contributed by atoms with Crippen molar-refractivity contribution in [3.8, 4) is 23.1 Å². The minimum Gasteiger partial charge on any atom is -0.496 e. The number of ether oxygens (including phenoxy) is 2. The van der Waals surface area contributed by atoms with Gasteiger partial charge in [0.2, 0.25) is 11.6 Å². The molecule has 2 heterocycles. The Morgan fingerprint density at radius 2 is 1.89 bits per heavy atom. The number of methoxy groups -OCH3 is 1. The number of nitrogens with zero attached hydrogens (tertiary/aromatic N) is 4. The SMILES string of the molecule is COc1cccc2oc(-c3nc4ccccc4c(=O)n3N=Cc3cc(Br)cc([N+](=O)[O-])c3OCc3cccc(C(=O)O)c3)cc12. The normalized spacial score (nSPS) is 11.3. The van der Waals surface area contributed by atoms with E-state index in [1.807, 2.05) is 0 Å². The van der Waals surface area contributed by atoms with Gasteiger partial charge in [0.15, 0.2) is 5.76 Å². The van der Waals surface area contributed by atoms with Crippen molar-refractivity contribution in [2.24, 2.45) is 5.10 Å². The van der Waals surface area contributed by atoms with Gasteiger partial charge in [-0.05, 0) is 54.1 Å². The van der Waals surface area contributed by atoms with Crippen LogP contribution in [0.2, 0.25) is 0 Å². The van der Waals surface area contributed by atoms with Gasteiger partial charge in [-0.25, -0.2) is 9.78 Å². The molecule has 45 heavy (non-hydrogen) atoms. The number of nitro groups is 1. The standard InChI is InChI=1S/C32H21BrN4O8/c1-43-26-10-5-11-27-23(26)15-28(45-27)30-35-24-9-3-2-8-22(24)31(38)36(30)34-16-20-13-21(33)14-25(37(41)42)29(20)44-17-18-6-4-7-19(12-18)32(39)40/h2-16H,17H2,1H3,(H,39,40). The number of aromatic nitrogens is 2. The highest BCUT2D eigenvalue weighted by atomic mass is 79.9. The van der Waals surface area contributed by atoms with Crippen molar-refractivity contribution < 1.29 is 28.7 Å². The van der Waals surface area contributed by atoms with Crippen LogP contribution in [0.5, 0.6) is 11.5 Å². The summed E-state index contributed by atoms with van der Waals surface area (Å²) in [6.45, 7) is -0.173. The van der Waals surface area contributed by atoms with Crippen LogP contribution in [0.25, 0.3) is 33.5 Å². The van der Waals surface area contributed by atoms with Crippen LogP contribution in [0.3, 0.4) is 0 Å². The number of furan rings is 1. The van der Waals surface area contributed by atoms with Crippen LogP contribution >= 0.6 is 15.9 Å². The molecule has 4 aromatic carbocycles. The molecule has 0 fully saturated rings. The summed E-state index contributed by atoms with van der Waals surface area (Å²) in [5, 5.41) is 26.7. The Hall–Kier alpha value is -5.82. The van der Waals surface area contributed by atoms with Gasteiger partial charge in [0, 0.05) is 16.1 Å². The first-order valence-corrected chi connectivity index (χ1v) is 14.1. The highest BCUT2D eigenvalue weighted by Gasteiger charge is 2.22. The molecule has 12 nitrogen and oxygen atoms in total. The molecular weight excluding hydrogens is 648 g/mol. The number of carboxylic acids is 1. The van der Waals surface area contributed by atoms with Crippen molar-refractivity contribution in [2.45, 2.75) is 6.61 Å². The molecule has 2 aromatic heterocycles. The topological polar surface area (TPSA) is 159 Å². The number of benzene rings is 4. The van der Waals surface area contributed by atoms with E-state index in [4.69, 9.17) is 13.9 Å². The number of aromatic carboxylic acids is 1. The minimum absolute atomic E-state index is 0.0436. The zero-order valence-electron chi connectivity index (χ0n) is 23.3. The van der Waals surface area contributed by atoms with Crippen molar-refractivity contribution in [2.75, 3.05) is 7.11 Å². The number of carbonyl (C=O) groups is 1. The van der Waals surface area contributed by atoms with E-state index in [1.54, 1.807) is 66.7 Å². The van der Waals surface area contributed by atoms with Gasteiger partial charge in [-0.15, -0.1) is 0 Å². The predicted octanol–water partition coefficient (Wildman–Crippen LogP) is 6.65. The number of rotatable bonds is 9. The fraction of sp³-hybridized carbons (Fsp3) is 0.0625. The zero-order valence-corrected chi connectivity index (χ0v) is 24.9. The number of hydrogen-bond acceptors (Lipinski definition) is 9. The van der Waals surface area contributed by atoms with E-state index in [9.17, 15) is 24.8 Å². The molecule has 0 bridgehead atoms. The third kappa shape index (κ3) is 5.76. The first kappa shape index (κ1) is 29.3. The maximum absolute atomic E-state index is 13.8. The quantitative estimate of drug-likeness (QED) is 0.101. The lowest BCUT2D eigenvalue weighted by Crippen LogP contribution is -2.20. The number of nitro benzene ring substituents is 1. The summed E-state index contributed by atoms with van der Waals surface area (Å²) < 4.78 is 18.8. The molecule has 0 atom stereocenters. The van der Waals surface area contributed by atoms with Crippen LogP contribution in [-0.2, 0) is 6.61 Å². The third-order valence-electron chi connectivity index (χ3n) is 6.84. The Morgan fingerprint density at radius 3 is 2.67 bits per heavy atom. The Kier molecular flexibility index (Phi) is 7.84. The van der Waals surface area contributed by atoms with Gasteiger partial charge in [0.1, 0.15) is 17.9 Å². The second-order valence-electron chi connectivity index (χ2n) is 9.69. The minimum atomic E-state index is -1.12. The van der Waals surface area contributed by atoms with Crippen molar-refractivity contribution >= 4 is 55.7 Å². The molecule has 6 rings (SSSR count). The molecule has 0 aliphatic carbocycles. The molecule has 0 saturated heterocycles. The van der Waals surface area contributed by atoms with Gasteiger partial charge < -0.3 is 19.0 Å². The van der Waals surface area contributed by atoms with Gasteiger partial charge in [0.25, 0.3) is 5.56 Å². The number of halogens is 1. The molecule has 13 heteroatoms. The van der Waals surface area contributed by atoms with Crippen molar-refractivity contribution in [1.29, 1.82) is 0 Å². The van der Waals surface area contributed by atoms with Crippen molar-refractivity contribution in [3.05, 3.63) is 127 Å². The number of carboxylic acid groups (broad SMARTS) is 1. The first-order valence-electron chi connectivity index (χ1n) is 13.3. The fourth-order valence-electron chi connectivity index (χ4n) is 4.77. The number of fused-ring (bicyclic) bond motifs is 2. The van der Waals surface area contributed by atoms with Crippen LogP contribution < -0.4 is 15.0 Å². The predicted molar refractivity (Wildman–Crippen MR) is 169 cm³/mol. The molecule has 0 spiro atoms. The van der Waals surface area contributed by atoms with Gasteiger partial charge >= 0.3 is 11.7 Å². The van der Waals surface area contributed by atoms with E-state index in [2.05, 4.69) is 26.0 Å². The molecule has 0 aliphatic heterocycles. The van der Waals surface area contributed by atoms with Crippen LogP contribution in [0, 0.1) is 10.1 Å². The number of hydrogen-bond donors (Lipinski definition) is 1. The summed E-state index contributed by atoms with van der Waals surface area (Å²) in [7, 11) is 1.54. The molecule has 0 aliphatic rings. The maximum Gasteiger partial charge on any atom is 0.335 e. The van der Waals surface area contributed by atoms with Crippen LogP contribution in [-0.4, -0.2) is 39.0 Å². The van der Waals surface area contributed by atoms with Crippen molar-refractivity contribution in [3.63, 3.8) is 0 Å². The first-order chi connectivity index (χ1) is 21.7. The lowest BCUT2D eigenvalue weighted by Gasteiger charge is -2.11. The van der Waals surface area contributed by atoms with E-state index in [1.165, 1.54) is 31.5 Å². The van der Waals surface area contributed by atoms with Crippen LogP contribution in [0.15, 0.2) is 104 Å². The van der Waals surface area contributed by atoms with E-state index >= 15 is 0 Å². The monoisotopic (exact) mass is 668 g/mol. The zero-order chi connectivity index (χ0) is 31.7. The highest BCUT2D eigenvalue weighted by molar-refractivity contribution is 9.10. The van der Waals surface area contributed by atoms with Gasteiger partial charge in [-0.2, -0.15) is 9.78 Å². The Balaban J connectivity index is 1.49. The molecule has 1 N–H and O–H groups in total. The maximum atomic E-state index is 13.8. The molecule has 224 valence electrons. The van der Waals surface area contributed by atoms with E-state index in [-0.39, 0.29) is 40.8 Å². The second kappa shape index (κ2) is 12.1. The Bertz CT molecular complexity index is 2220. The largest absolute Gasteiger partial charge is 0.496 e. The van der Waals surface area contributed by atoms with Gasteiger partial charge in [-0.3, -0.25) is 14.9 Å². The summed E-state index contributed by atoms with van der Waals surface area (Å²) in [4.78, 5) is 41.2. The third-order valence-corrected chi connectivity index (χ3v) is 7.30. The summed E-state index contributed by atoms with van der Waals surface area (Å²) >= 11 is 3.30. The molecular formula is C32H21BrN4O8. The summed E-state index contributed by atoms with van der Waals surface area (Å²) in [6.07, 6.45) is 1.26. The van der Waals surface area contributed by atoms with Gasteiger partial charge in [0.05, 0.1) is 40.1 Å². The molecule has 0 unspecified atom stereocenters. The molecule has 6 aromatic rings.